The lowest BCUT2D eigenvalue weighted by atomic mass is 10.1. The van der Waals surface area contributed by atoms with Gasteiger partial charge in [0.1, 0.15) is 12.4 Å². The van der Waals surface area contributed by atoms with E-state index in [0.29, 0.717) is 49.9 Å². The summed E-state index contributed by atoms with van der Waals surface area (Å²) in [5.41, 5.74) is 1.46. The van der Waals surface area contributed by atoms with E-state index < -0.39 is 0 Å². The number of halogens is 1. The van der Waals surface area contributed by atoms with Crippen LogP contribution in [-0.4, -0.2) is 67.5 Å². The minimum atomic E-state index is -0.0108. The minimum Gasteiger partial charge on any atom is -0.488 e. The molecular formula is C18H22ClN3O3. The van der Waals surface area contributed by atoms with E-state index in [4.69, 9.17) is 16.3 Å². The van der Waals surface area contributed by atoms with E-state index in [-0.39, 0.29) is 18.4 Å². The summed E-state index contributed by atoms with van der Waals surface area (Å²) in [6.07, 6.45) is 1.86. The molecule has 0 unspecified atom stereocenters. The quantitative estimate of drug-likeness (QED) is 0.878. The molecule has 3 rings (SSSR count). The van der Waals surface area contributed by atoms with Crippen LogP contribution < -0.4 is 10.1 Å². The predicted molar refractivity (Wildman–Crippen MR) is 96.6 cm³/mol. The van der Waals surface area contributed by atoms with Crippen LogP contribution in [0.2, 0.25) is 5.02 Å². The minimum absolute atomic E-state index is 0.0108. The van der Waals surface area contributed by atoms with Gasteiger partial charge in [0, 0.05) is 43.3 Å². The molecule has 2 aliphatic rings. The first kappa shape index (κ1) is 17.8. The second kappa shape index (κ2) is 7.89. The molecule has 0 aromatic heterocycles. The van der Waals surface area contributed by atoms with Gasteiger partial charge in [0.05, 0.1) is 12.1 Å². The maximum Gasteiger partial charge on any atom is 0.253 e. The summed E-state index contributed by atoms with van der Waals surface area (Å²) < 4.78 is 5.67. The van der Waals surface area contributed by atoms with Crippen molar-refractivity contribution in [2.24, 2.45) is 0 Å². The molecule has 0 aliphatic carbocycles. The number of nitrogens with one attached hydrogen (secondary N) is 1. The number of carbonyl (C=O) groups excluding carboxylic acids is 2. The molecule has 0 saturated carbocycles. The summed E-state index contributed by atoms with van der Waals surface area (Å²) in [6.45, 7) is 5.80. The number of hydrogen-bond donors (Lipinski definition) is 1. The molecule has 0 radical (unpaired) electrons. The lowest BCUT2D eigenvalue weighted by molar-refractivity contribution is -0.129. The lowest BCUT2D eigenvalue weighted by Crippen LogP contribution is -2.51. The van der Waals surface area contributed by atoms with Crippen molar-refractivity contribution in [1.29, 1.82) is 0 Å². The monoisotopic (exact) mass is 363 g/mol. The predicted octanol–water partition coefficient (Wildman–Crippen LogP) is 1.40. The second-order valence-electron chi connectivity index (χ2n) is 6.16. The van der Waals surface area contributed by atoms with Gasteiger partial charge in [-0.15, -0.1) is 0 Å². The molecule has 7 heteroatoms. The first-order valence-electron chi connectivity index (χ1n) is 8.48. The van der Waals surface area contributed by atoms with E-state index in [2.05, 4.69) is 10.2 Å². The van der Waals surface area contributed by atoms with Gasteiger partial charge in [0.15, 0.2) is 0 Å². The van der Waals surface area contributed by atoms with Crippen molar-refractivity contribution < 1.29 is 14.3 Å². The molecule has 1 aromatic carbocycles. The van der Waals surface area contributed by atoms with E-state index in [1.54, 1.807) is 12.1 Å². The van der Waals surface area contributed by atoms with Crippen LogP contribution in [0.4, 0.5) is 0 Å². The van der Waals surface area contributed by atoms with Gasteiger partial charge >= 0.3 is 0 Å². The maximum atomic E-state index is 12.7. The van der Waals surface area contributed by atoms with E-state index in [9.17, 15) is 9.59 Å². The van der Waals surface area contributed by atoms with Crippen molar-refractivity contribution in [3.63, 3.8) is 0 Å². The number of rotatable bonds is 4. The van der Waals surface area contributed by atoms with Gasteiger partial charge in [-0.1, -0.05) is 11.6 Å². The molecule has 2 aliphatic heterocycles. The third-order valence-electron chi connectivity index (χ3n) is 4.36. The van der Waals surface area contributed by atoms with Crippen molar-refractivity contribution in [1.82, 2.24) is 15.1 Å². The van der Waals surface area contributed by atoms with Gasteiger partial charge in [-0.05, 0) is 31.2 Å². The van der Waals surface area contributed by atoms with E-state index >= 15 is 0 Å². The molecule has 25 heavy (non-hydrogen) atoms. The Bertz CT molecular complexity index is 697. The van der Waals surface area contributed by atoms with Crippen molar-refractivity contribution in [3.8, 4) is 5.75 Å². The molecule has 1 N–H and O–H groups in total. The fourth-order valence-corrected chi connectivity index (χ4v) is 3.22. The standard InChI is InChI=1S/C18H22ClN3O3/c1-2-20-17(23)11-21-5-7-22(8-6-21)18(24)14-9-13-10-15(19)3-4-16(13)25-12-14/h3-4,9-10H,2,5-8,11-12H2,1H3,(H,20,23). The molecule has 0 spiro atoms. The zero-order valence-electron chi connectivity index (χ0n) is 14.3. The number of fused-ring (bicyclic) bond motifs is 1. The SMILES string of the molecule is CCNC(=O)CN1CCN(C(=O)C2=Cc3cc(Cl)ccc3OC2)CC1. The Kier molecular flexibility index (Phi) is 5.60. The van der Waals surface area contributed by atoms with Crippen molar-refractivity contribution in [2.45, 2.75) is 6.92 Å². The van der Waals surface area contributed by atoms with Crippen LogP contribution in [0.3, 0.4) is 0 Å². The number of piperazine rings is 1. The fraction of sp³-hybridized carbons (Fsp3) is 0.444. The van der Waals surface area contributed by atoms with Gasteiger partial charge in [-0.3, -0.25) is 14.5 Å². The first-order valence-corrected chi connectivity index (χ1v) is 8.86. The highest BCUT2D eigenvalue weighted by Crippen LogP contribution is 2.29. The zero-order valence-corrected chi connectivity index (χ0v) is 15.0. The molecule has 2 amide bonds. The van der Waals surface area contributed by atoms with Crippen LogP contribution in [0, 0.1) is 0 Å². The van der Waals surface area contributed by atoms with Gasteiger partial charge in [-0.2, -0.15) is 0 Å². The second-order valence-corrected chi connectivity index (χ2v) is 6.60. The van der Waals surface area contributed by atoms with E-state index in [1.807, 2.05) is 24.0 Å². The first-order chi connectivity index (χ1) is 12.1. The van der Waals surface area contributed by atoms with Gasteiger partial charge in [0.2, 0.25) is 5.91 Å². The summed E-state index contributed by atoms with van der Waals surface area (Å²) in [4.78, 5) is 28.3. The Labute approximate surface area is 152 Å². The Balaban J connectivity index is 1.59. The third-order valence-corrected chi connectivity index (χ3v) is 4.60. The molecule has 1 aromatic rings. The Morgan fingerprint density at radius 2 is 2.00 bits per heavy atom. The van der Waals surface area contributed by atoms with Crippen LogP contribution in [-0.2, 0) is 9.59 Å². The van der Waals surface area contributed by atoms with Crippen molar-refractivity contribution in [3.05, 3.63) is 34.4 Å². The smallest absolute Gasteiger partial charge is 0.253 e. The number of nitrogens with zero attached hydrogens (tertiary/aromatic N) is 2. The lowest BCUT2D eigenvalue weighted by Gasteiger charge is -2.35. The van der Waals surface area contributed by atoms with Crippen LogP contribution in [0.5, 0.6) is 5.75 Å². The van der Waals surface area contributed by atoms with Crippen LogP contribution in [0.1, 0.15) is 12.5 Å². The summed E-state index contributed by atoms with van der Waals surface area (Å²) in [6, 6.07) is 5.39. The topological polar surface area (TPSA) is 61.9 Å². The van der Waals surface area contributed by atoms with Gasteiger partial charge < -0.3 is 15.0 Å². The highest BCUT2D eigenvalue weighted by atomic mass is 35.5. The fourth-order valence-electron chi connectivity index (χ4n) is 3.04. The average Bonchev–Trinajstić information content (AvgIpc) is 2.61. The molecule has 0 bridgehead atoms. The normalized spacial score (nSPS) is 17.4. The summed E-state index contributed by atoms with van der Waals surface area (Å²) in [5, 5.41) is 3.41. The number of carbonyl (C=O) groups is 2. The van der Waals surface area contributed by atoms with Crippen molar-refractivity contribution in [2.75, 3.05) is 45.9 Å². The molecule has 2 heterocycles. The van der Waals surface area contributed by atoms with Crippen molar-refractivity contribution >= 4 is 29.5 Å². The van der Waals surface area contributed by atoms with E-state index in [1.165, 1.54) is 0 Å². The largest absolute Gasteiger partial charge is 0.488 e. The highest BCUT2D eigenvalue weighted by Gasteiger charge is 2.26. The summed E-state index contributed by atoms with van der Waals surface area (Å²) in [5.74, 6) is 0.759. The molecule has 134 valence electrons. The average molecular weight is 364 g/mol. The van der Waals surface area contributed by atoms with Gasteiger partial charge in [-0.25, -0.2) is 0 Å². The zero-order chi connectivity index (χ0) is 17.8. The number of hydrogen-bond acceptors (Lipinski definition) is 4. The molecule has 1 fully saturated rings. The van der Waals surface area contributed by atoms with E-state index in [0.717, 1.165) is 11.3 Å². The van der Waals surface area contributed by atoms with Crippen LogP contribution >= 0.6 is 11.6 Å². The maximum absolute atomic E-state index is 12.7. The number of likely N-dealkylation sites (N-methyl/N-ethyl adjacent to an activating group) is 1. The third kappa shape index (κ3) is 4.32. The van der Waals surface area contributed by atoms with Gasteiger partial charge in [0.25, 0.3) is 5.91 Å². The van der Waals surface area contributed by atoms with Crippen LogP contribution in [0.25, 0.3) is 6.08 Å². The number of benzene rings is 1. The highest BCUT2D eigenvalue weighted by molar-refractivity contribution is 6.30. The van der Waals surface area contributed by atoms with Crippen LogP contribution in [0.15, 0.2) is 23.8 Å². The summed E-state index contributed by atoms with van der Waals surface area (Å²) in [7, 11) is 0. The Morgan fingerprint density at radius 1 is 1.24 bits per heavy atom. The number of ether oxygens (including phenoxy) is 1. The Morgan fingerprint density at radius 3 is 2.72 bits per heavy atom. The molecule has 1 saturated heterocycles. The molecule has 0 atom stereocenters. The molecule has 6 nitrogen and oxygen atoms in total. The Hall–Kier alpha value is -2.05. The molecular weight excluding hydrogens is 342 g/mol. The summed E-state index contributed by atoms with van der Waals surface area (Å²) >= 11 is 6.01. The number of amides is 2.